The number of carbonyl (C=O) groups excluding carboxylic acids is 2. The number of carboxylic acid groups (broad SMARTS) is 1. The number of aliphatic carboxylic acids is 1. The van der Waals surface area contributed by atoms with E-state index in [1.165, 1.54) is 20.9 Å². The lowest BCUT2D eigenvalue weighted by atomic mass is 9.84. The van der Waals surface area contributed by atoms with Crippen molar-refractivity contribution in [1.29, 1.82) is 0 Å². The zero-order valence-electron chi connectivity index (χ0n) is 14.0. The van der Waals surface area contributed by atoms with E-state index in [2.05, 4.69) is 11.9 Å². The van der Waals surface area contributed by atoms with Gasteiger partial charge in [-0.2, -0.15) is 0 Å². The van der Waals surface area contributed by atoms with Crippen molar-refractivity contribution >= 4 is 18.0 Å². The third-order valence-corrected chi connectivity index (χ3v) is 4.19. The Morgan fingerprint density at radius 2 is 1.83 bits per heavy atom. The summed E-state index contributed by atoms with van der Waals surface area (Å²) in [6.07, 6.45) is 3.93. The molecule has 7 nitrogen and oxygen atoms in total. The van der Waals surface area contributed by atoms with Crippen LogP contribution >= 0.6 is 0 Å². The van der Waals surface area contributed by atoms with Crippen molar-refractivity contribution < 1.29 is 24.2 Å². The predicted octanol–water partition coefficient (Wildman–Crippen LogP) is 2.13. The van der Waals surface area contributed by atoms with E-state index >= 15 is 0 Å². The molecule has 0 aliphatic heterocycles. The summed E-state index contributed by atoms with van der Waals surface area (Å²) in [6.45, 7) is 6.52. The van der Waals surface area contributed by atoms with Crippen LogP contribution in [0.25, 0.3) is 0 Å². The predicted molar refractivity (Wildman–Crippen MR) is 84.7 cm³/mol. The number of hydrogen-bond acceptors (Lipinski definition) is 4. The Morgan fingerprint density at radius 3 is 2.30 bits per heavy atom. The normalized spacial score (nSPS) is 17.7. The molecule has 1 fully saturated rings. The molecule has 0 aromatic carbocycles. The molecule has 0 bridgehead atoms. The lowest BCUT2D eigenvalue weighted by molar-refractivity contribution is -0.144. The van der Waals surface area contributed by atoms with Gasteiger partial charge in [-0.25, -0.2) is 9.59 Å². The Morgan fingerprint density at radius 1 is 1.26 bits per heavy atom. The number of rotatable bonds is 6. The van der Waals surface area contributed by atoms with E-state index in [0.29, 0.717) is 0 Å². The fourth-order valence-corrected chi connectivity index (χ4v) is 2.68. The number of carbonyl (C=O) groups is 3. The minimum atomic E-state index is -1.04. The maximum Gasteiger partial charge on any atom is 0.415 e. The molecule has 23 heavy (non-hydrogen) atoms. The molecular formula is C16H26N2O5. The second-order valence-electron chi connectivity index (χ2n) is 6.08. The molecule has 0 aromatic rings. The zero-order valence-corrected chi connectivity index (χ0v) is 14.0. The Balaban J connectivity index is 2.68. The van der Waals surface area contributed by atoms with Crippen molar-refractivity contribution in [2.24, 2.45) is 5.92 Å². The zero-order chi connectivity index (χ0) is 17.6. The summed E-state index contributed by atoms with van der Waals surface area (Å²) >= 11 is 0. The number of nitrogens with one attached hydrogen (secondary N) is 1. The van der Waals surface area contributed by atoms with Gasteiger partial charge in [0.1, 0.15) is 12.1 Å². The molecule has 2 atom stereocenters. The third kappa shape index (κ3) is 5.58. The monoisotopic (exact) mass is 326 g/mol. The first-order valence-corrected chi connectivity index (χ1v) is 7.87. The molecule has 2 amide bonds. The summed E-state index contributed by atoms with van der Waals surface area (Å²) in [6, 6.07) is -1.76. The first-order valence-electron chi connectivity index (χ1n) is 7.87. The molecule has 0 aromatic heterocycles. The molecule has 7 heteroatoms. The van der Waals surface area contributed by atoms with Gasteiger partial charge >= 0.3 is 12.1 Å². The summed E-state index contributed by atoms with van der Waals surface area (Å²) in [7, 11) is 1.42. The fraction of sp³-hybridized carbons (Fsp3) is 0.688. The molecule has 1 rings (SSSR count). The lowest BCUT2D eigenvalue weighted by Crippen LogP contribution is -2.53. The molecule has 1 saturated carbocycles. The molecule has 0 heterocycles. The number of carboxylic acids is 1. The summed E-state index contributed by atoms with van der Waals surface area (Å²) in [4.78, 5) is 36.6. The van der Waals surface area contributed by atoms with Crippen molar-refractivity contribution in [2.75, 3.05) is 7.05 Å². The van der Waals surface area contributed by atoms with Gasteiger partial charge in [0.05, 0.1) is 5.76 Å². The van der Waals surface area contributed by atoms with Gasteiger partial charge in [-0.05, 0) is 32.6 Å². The highest BCUT2D eigenvalue weighted by molar-refractivity contribution is 5.89. The fourth-order valence-electron chi connectivity index (χ4n) is 2.68. The van der Waals surface area contributed by atoms with Crippen molar-refractivity contribution in [3.63, 3.8) is 0 Å². The van der Waals surface area contributed by atoms with Crippen LogP contribution in [0.15, 0.2) is 12.3 Å². The van der Waals surface area contributed by atoms with Crippen LogP contribution in [0.2, 0.25) is 0 Å². The van der Waals surface area contributed by atoms with Gasteiger partial charge in [0.15, 0.2) is 0 Å². The van der Waals surface area contributed by atoms with E-state index < -0.39 is 30.1 Å². The molecule has 0 spiro atoms. The van der Waals surface area contributed by atoms with E-state index in [9.17, 15) is 19.5 Å². The summed E-state index contributed by atoms with van der Waals surface area (Å²) in [5.74, 6) is -1.39. The minimum Gasteiger partial charge on any atom is -0.480 e. The van der Waals surface area contributed by atoms with Gasteiger partial charge < -0.3 is 15.2 Å². The topological polar surface area (TPSA) is 95.9 Å². The van der Waals surface area contributed by atoms with Crippen LogP contribution in [0.4, 0.5) is 4.79 Å². The highest BCUT2D eigenvalue weighted by Gasteiger charge is 2.33. The van der Waals surface area contributed by atoms with Crippen LogP contribution < -0.4 is 5.32 Å². The van der Waals surface area contributed by atoms with Crippen LogP contribution in [-0.4, -0.2) is 47.1 Å². The summed E-state index contributed by atoms with van der Waals surface area (Å²) in [5, 5.41) is 12.0. The van der Waals surface area contributed by atoms with Crippen LogP contribution in [-0.2, 0) is 14.3 Å². The van der Waals surface area contributed by atoms with Gasteiger partial charge in [-0.1, -0.05) is 25.8 Å². The van der Waals surface area contributed by atoms with E-state index in [1.54, 1.807) is 0 Å². The smallest absolute Gasteiger partial charge is 0.415 e. The summed E-state index contributed by atoms with van der Waals surface area (Å²) in [5.41, 5.74) is 0. The number of amides is 2. The maximum absolute atomic E-state index is 12.3. The average molecular weight is 326 g/mol. The number of hydrogen-bond donors (Lipinski definition) is 2. The quantitative estimate of drug-likeness (QED) is 0.729. The van der Waals surface area contributed by atoms with Gasteiger partial charge in [0.25, 0.3) is 0 Å². The Bertz CT molecular complexity index is 471. The molecular weight excluding hydrogens is 300 g/mol. The molecule has 0 unspecified atom stereocenters. The average Bonchev–Trinajstić information content (AvgIpc) is 2.50. The van der Waals surface area contributed by atoms with Gasteiger partial charge in [-0.3, -0.25) is 9.69 Å². The Hall–Kier alpha value is -2.05. The first kappa shape index (κ1) is 19.0. The first-order chi connectivity index (χ1) is 10.7. The molecule has 1 aliphatic carbocycles. The largest absolute Gasteiger partial charge is 0.480 e. The van der Waals surface area contributed by atoms with E-state index in [-0.39, 0.29) is 11.7 Å². The Kier molecular flexibility index (Phi) is 7.06. The van der Waals surface area contributed by atoms with Crippen LogP contribution in [0, 0.1) is 5.92 Å². The van der Waals surface area contributed by atoms with Gasteiger partial charge in [0, 0.05) is 7.05 Å². The standard InChI is InChI=1S/C16H26N2O5/c1-10(2)23-16(22)18(4)11(3)14(19)17-13(15(20)21)12-8-6-5-7-9-12/h11-13H,1,5-9H2,2-4H3,(H,17,19)(H,20,21)/t11-,13-/m0/s1. The van der Waals surface area contributed by atoms with Crippen LogP contribution in [0.5, 0.6) is 0 Å². The van der Waals surface area contributed by atoms with E-state index in [1.807, 2.05) is 0 Å². The highest BCUT2D eigenvalue weighted by atomic mass is 16.6. The SMILES string of the molecule is C=C(C)OC(=O)N(C)[C@@H](C)C(=O)N[C@H](C(=O)O)C1CCCCC1. The van der Waals surface area contributed by atoms with E-state index in [4.69, 9.17) is 4.74 Å². The van der Waals surface area contributed by atoms with Gasteiger partial charge in [0.2, 0.25) is 5.91 Å². The lowest BCUT2D eigenvalue weighted by Gasteiger charge is -2.30. The van der Waals surface area contributed by atoms with E-state index in [0.717, 1.165) is 37.0 Å². The number of allylic oxidation sites excluding steroid dienone is 1. The molecule has 2 N–H and O–H groups in total. The molecule has 0 saturated heterocycles. The second kappa shape index (κ2) is 8.55. The van der Waals surface area contributed by atoms with Crippen molar-refractivity contribution in [3.05, 3.63) is 12.3 Å². The van der Waals surface area contributed by atoms with Gasteiger partial charge in [-0.15, -0.1) is 0 Å². The second-order valence-corrected chi connectivity index (χ2v) is 6.08. The molecule has 1 aliphatic rings. The van der Waals surface area contributed by atoms with Crippen molar-refractivity contribution in [3.8, 4) is 0 Å². The van der Waals surface area contributed by atoms with Crippen LogP contribution in [0.3, 0.4) is 0 Å². The Labute approximate surface area is 136 Å². The third-order valence-electron chi connectivity index (χ3n) is 4.19. The molecule has 0 radical (unpaired) electrons. The maximum atomic E-state index is 12.3. The minimum absolute atomic E-state index is 0.0647. The van der Waals surface area contributed by atoms with Crippen molar-refractivity contribution in [2.45, 2.75) is 58.0 Å². The summed E-state index contributed by atoms with van der Waals surface area (Å²) < 4.78 is 4.85. The number of ether oxygens (including phenoxy) is 1. The number of nitrogens with zero attached hydrogens (tertiary/aromatic N) is 1. The van der Waals surface area contributed by atoms with Crippen molar-refractivity contribution in [1.82, 2.24) is 10.2 Å². The number of likely N-dealkylation sites (N-methyl/N-ethyl adjacent to an activating group) is 1. The van der Waals surface area contributed by atoms with Crippen LogP contribution in [0.1, 0.15) is 46.0 Å². The molecule has 130 valence electrons. The highest BCUT2D eigenvalue weighted by Crippen LogP contribution is 2.26.